The van der Waals surface area contributed by atoms with Crippen LogP contribution in [0.25, 0.3) is 0 Å². The van der Waals surface area contributed by atoms with E-state index in [-0.39, 0.29) is 0 Å². The number of hydrogen-bond acceptors (Lipinski definition) is 3. The predicted molar refractivity (Wildman–Crippen MR) is 57.0 cm³/mol. The molecule has 0 aliphatic heterocycles. The summed E-state index contributed by atoms with van der Waals surface area (Å²) in [5.41, 5.74) is 0.556. The second-order valence-corrected chi connectivity index (χ2v) is 3.33. The van der Waals surface area contributed by atoms with E-state index in [9.17, 15) is 0 Å². The lowest BCUT2D eigenvalue weighted by Crippen LogP contribution is -2.08. The lowest BCUT2D eigenvalue weighted by atomic mass is 10.3. The summed E-state index contributed by atoms with van der Waals surface area (Å²) in [6.45, 7) is 0. The van der Waals surface area contributed by atoms with Gasteiger partial charge in [0.15, 0.2) is 6.19 Å². The zero-order valence-corrected chi connectivity index (χ0v) is 9.23. The number of rotatable bonds is 2. The summed E-state index contributed by atoms with van der Waals surface area (Å²) in [6.07, 6.45) is 1.94. The standard InChI is InChI=1S/C9H8Cl2N2O/c1-13(5-12)6-3-4-7(14-2)9(11)8(6)10/h3-4H,1-2H3. The molecule has 0 atom stereocenters. The quantitative estimate of drug-likeness (QED) is 0.579. The topological polar surface area (TPSA) is 36.3 Å². The Morgan fingerprint density at radius 3 is 2.50 bits per heavy atom. The Labute approximate surface area is 92.4 Å². The van der Waals surface area contributed by atoms with E-state index in [2.05, 4.69) is 0 Å². The van der Waals surface area contributed by atoms with Crippen LogP contribution in [-0.2, 0) is 0 Å². The lowest BCUT2D eigenvalue weighted by molar-refractivity contribution is 0.415. The van der Waals surface area contributed by atoms with Crippen molar-refractivity contribution in [3.05, 3.63) is 22.2 Å². The molecule has 0 heterocycles. The van der Waals surface area contributed by atoms with Crippen LogP contribution in [0.15, 0.2) is 12.1 Å². The minimum absolute atomic E-state index is 0.314. The third-order valence-electron chi connectivity index (χ3n) is 1.76. The highest BCUT2D eigenvalue weighted by atomic mass is 35.5. The Hall–Kier alpha value is -1.11. The van der Waals surface area contributed by atoms with Crippen molar-refractivity contribution in [2.45, 2.75) is 0 Å². The van der Waals surface area contributed by atoms with E-state index in [1.54, 1.807) is 19.2 Å². The van der Waals surface area contributed by atoms with Crippen LogP contribution in [0.2, 0.25) is 10.0 Å². The summed E-state index contributed by atoms with van der Waals surface area (Å²) >= 11 is 11.9. The summed E-state index contributed by atoms with van der Waals surface area (Å²) < 4.78 is 4.98. The van der Waals surface area contributed by atoms with Gasteiger partial charge in [0, 0.05) is 7.05 Å². The van der Waals surface area contributed by atoms with E-state index in [1.807, 2.05) is 6.19 Å². The average Bonchev–Trinajstić information content (AvgIpc) is 2.21. The van der Waals surface area contributed by atoms with Crippen molar-refractivity contribution in [2.24, 2.45) is 0 Å². The molecule has 0 aromatic heterocycles. The van der Waals surface area contributed by atoms with Gasteiger partial charge in [-0.3, -0.25) is 4.90 Å². The van der Waals surface area contributed by atoms with Crippen molar-refractivity contribution < 1.29 is 4.74 Å². The maximum Gasteiger partial charge on any atom is 0.184 e. The first-order valence-corrected chi connectivity index (χ1v) is 4.52. The predicted octanol–water partition coefficient (Wildman–Crippen LogP) is 2.92. The second kappa shape index (κ2) is 4.41. The molecule has 0 saturated carbocycles. The maximum absolute atomic E-state index is 8.67. The third-order valence-corrected chi connectivity index (χ3v) is 2.61. The highest BCUT2D eigenvalue weighted by molar-refractivity contribution is 6.44. The monoisotopic (exact) mass is 230 g/mol. The molecule has 1 aromatic carbocycles. The first-order valence-electron chi connectivity index (χ1n) is 3.77. The summed E-state index contributed by atoms with van der Waals surface area (Å²) in [5, 5.41) is 9.30. The Bertz CT molecular complexity index is 387. The molecule has 0 bridgehead atoms. The van der Waals surface area contributed by atoms with E-state index in [0.29, 0.717) is 21.5 Å². The maximum atomic E-state index is 8.67. The van der Waals surface area contributed by atoms with E-state index >= 15 is 0 Å². The van der Waals surface area contributed by atoms with Crippen LogP contribution in [0.3, 0.4) is 0 Å². The van der Waals surface area contributed by atoms with Crippen molar-refractivity contribution in [1.29, 1.82) is 5.26 Å². The van der Waals surface area contributed by atoms with Crippen LogP contribution in [0, 0.1) is 11.5 Å². The number of ether oxygens (including phenoxy) is 1. The van der Waals surface area contributed by atoms with Crippen molar-refractivity contribution in [1.82, 2.24) is 0 Å². The SMILES string of the molecule is COc1ccc(N(C)C#N)c(Cl)c1Cl. The zero-order valence-electron chi connectivity index (χ0n) is 7.71. The molecule has 0 amide bonds. The van der Waals surface area contributed by atoms with Crippen molar-refractivity contribution in [2.75, 3.05) is 19.1 Å². The van der Waals surface area contributed by atoms with Crippen molar-refractivity contribution in [3.63, 3.8) is 0 Å². The van der Waals surface area contributed by atoms with Gasteiger partial charge in [0.1, 0.15) is 10.8 Å². The molecule has 0 aliphatic carbocycles. The first kappa shape index (κ1) is 11.0. The molecule has 0 saturated heterocycles. The second-order valence-electron chi connectivity index (χ2n) is 2.57. The Kier molecular flexibility index (Phi) is 3.45. The van der Waals surface area contributed by atoms with Gasteiger partial charge in [-0.15, -0.1) is 0 Å². The van der Waals surface area contributed by atoms with Crippen LogP contribution in [0.5, 0.6) is 5.75 Å². The molecule has 0 fully saturated rings. The molecule has 1 aromatic rings. The van der Waals surface area contributed by atoms with Crippen LogP contribution < -0.4 is 9.64 Å². The molecule has 1 rings (SSSR count). The van der Waals surface area contributed by atoms with Crippen LogP contribution in [-0.4, -0.2) is 14.2 Å². The molecule has 74 valence electrons. The van der Waals surface area contributed by atoms with Gasteiger partial charge in [0.25, 0.3) is 0 Å². The molecule has 0 radical (unpaired) electrons. The van der Waals surface area contributed by atoms with Gasteiger partial charge in [-0.1, -0.05) is 23.2 Å². The fourth-order valence-electron chi connectivity index (χ4n) is 0.992. The van der Waals surface area contributed by atoms with Crippen LogP contribution >= 0.6 is 23.2 Å². The van der Waals surface area contributed by atoms with Gasteiger partial charge in [-0.05, 0) is 12.1 Å². The van der Waals surface area contributed by atoms with Gasteiger partial charge in [0.05, 0.1) is 17.8 Å². The smallest absolute Gasteiger partial charge is 0.184 e. The number of anilines is 1. The Morgan fingerprint density at radius 1 is 1.36 bits per heavy atom. The fourth-order valence-corrected chi connectivity index (χ4v) is 1.51. The number of methoxy groups -OCH3 is 1. The highest BCUT2D eigenvalue weighted by Gasteiger charge is 2.12. The molecule has 0 spiro atoms. The zero-order chi connectivity index (χ0) is 10.7. The lowest BCUT2D eigenvalue weighted by Gasteiger charge is -2.13. The highest BCUT2D eigenvalue weighted by Crippen LogP contribution is 2.38. The molecule has 3 nitrogen and oxygen atoms in total. The van der Waals surface area contributed by atoms with Crippen LogP contribution in [0.1, 0.15) is 0 Å². The summed E-state index contributed by atoms with van der Waals surface area (Å²) in [4.78, 5) is 1.33. The Balaban J connectivity index is 3.25. The minimum Gasteiger partial charge on any atom is -0.495 e. The molecule has 5 heteroatoms. The summed E-state index contributed by atoms with van der Waals surface area (Å²) in [7, 11) is 3.11. The van der Waals surface area contributed by atoms with E-state index in [4.69, 9.17) is 33.2 Å². The third kappa shape index (κ3) is 1.87. The van der Waals surface area contributed by atoms with E-state index < -0.39 is 0 Å². The molecular formula is C9H8Cl2N2O. The van der Waals surface area contributed by atoms with E-state index in [1.165, 1.54) is 12.0 Å². The molecule has 0 aliphatic rings. The number of nitriles is 1. The fraction of sp³-hybridized carbons (Fsp3) is 0.222. The van der Waals surface area contributed by atoms with Gasteiger partial charge < -0.3 is 4.74 Å². The summed E-state index contributed by atoms with van der Waals surface area (Å²) in [5.74, 6) is 0.492. The van der Waals surface area contributed by atoms with Gasteiger partial charge >= 0.3 is 0 Å². The largest absolute Gasteiger partial charge is 0.495 e. The average molecular weight is 231 g/mol. The molecule has 14 heavy (non-hydrogen) atoms. The van der Waals surface area contributed by atoms with Gasteiger partial charge in [-0.25, -0.2) is 0 Å². The van der Waals surface area contributed by atoms with Crippen molar-refractivity contribution in [3.8, 4) is 11.9 Å². The first-order chi connectivity index (χ1) is 6.61. The van der Waals surface area contributed by atoms with E-state index in [0.717, 1.165) is 0 Å². The van der Waals surface area contributed by atoms with Crippen molar-refractivity contribution >= 4 is 28.9 Å². The number of nitrogens with zero attached hydrogens (tertiary/aromatic N) is 2. The normalized spacial score (nSPS) is 9.36. The molecule has 0 N–H and O–H groups in total. The number of hydrogen-bond donors (Lipinski definition) is 0. The number of halogens is 2. The molecule has 0 unspecified atom stereocenters. The summed E-state index contributed by atoms with van der Waals surface area (Å²) in [6, 6.07) is 3.34. The van der Waals surface area contributed by atoms with Crippen LogP contribution in [0.4, 0.5) is 5.69 Å². The minimum atomic E-state index is 0.314. The number of benzene rings is 1. The van der Waals surface area contributed by atoms with Gasteiger partial charge in [0.2, 0.25) is 0 Å². The molecular weight excluding hydrogens is 223 g/mol. The van der Waals surface area contributed by atoms with Gasteiger partial charge in [-0.2, -0.15) is 5.26 Å². The Morgan fingerprint density at radius 2 is 2.00 bits per heavy atom.